The van der Waals surface area contributed by atoms with E-state index in [2.05, 4.69) is 121 Å². The quantitative estimate of drug-likeness (QED) is 0.183. The van der Waals surface area contributed by atoms with Gasteiger partial charge in [-0.2, -0.15) is 0 Å². The van der Waals surface area contributed by atoms with Gasteiger partial charge in [-0.3, -0.25) is 0 Å². The lowest BCUT2D eigenvalue weighted by molar-refractivity contribution is 0.669. The second kappa shape index (κ2) is 11.0. The van der Waals surface area contributed by atoms with Crippen molar-refractivity contribution in [3.63, 3.8) is 0 Å². The van der Waals surface area contributed by atoms with Crippen LogP contribution in [0.1, 0.15) is 0 Å². The molecular formula is C45H27N3O. The summed E-state index contributed by atoms with van der Waals surface area (Å²) in [5, 5.41) is 6.68. The van der Waals surface area contributed by atoms with Crippen LogP contribution in [0.15, 0.2) is 168 Å². The van der Waals surface area contributed by atoms with Crippen molar-refractivity contribution in [2.45, 2.75) is 0 Å². The lowest BCUT2D eigenvalue weighted by atomic mass is 9.97. The topological polar surface area (TPSA) is 51.8 Å². The van der Waals surface area contributed by atoms with E-state index in [9.17, 15) is 0 Å². The Morgan fingerprint density at radius 3 is 1.90 bits per heavy atom. The van der Waals surface area contributed by atoms with Crippen molar-refractivity contribution in [2.75, 3.05) is 0 Å². The first-order valence-electron chi connectivity index (χ1n) is 16.4. The first-order valence-corrected chi connectivity index (χ1v) is 16.4. The van der Waals surface area contributed by atoms with Gasteiger partial charge in [-0.1, -0.05) is 133 Å². The molecule has 10 aromatic rings. The summed E-state index contributed by atoms with van der Waals surface area (Å²) in [6, 6.07) is 56.7. The molecule has 0 aliphatic heterocycles. The third kappa shape index (κ3) is 4.57. The molecule has 4 heteroatoms. The van der Waals surface area contributed by atoms with Crippen molar-refractivity contribution in [3.8, 4) is 45.0 Å². The smallest absolute Gasteiger partial charge is 0.162 e. The predicted octanol–water partition coefficient (Wildman–Crippen LogP) is 11.9. The van der Waals surface area contributed by atoms with Crippen LogP contribution >= 0.6 is 0 Å². The van der Waals surface area contributed by atoms with Gasteiger partial charge >= 0.3 is 0 Å². The Hall–Kier alpha value is -6.65. The molecule has 0 saturated heterocycles. The molecule has 3 aromatic heterocycles. The van der Waals surface area contributed by atoms with Crippen LogP contribution in [0.2, 0.25) is 0 Å². The molecule has 0 aliphatic carbocycles. The summed E-state index contributed by atoms with van der Waals surface area (Å²) in [5.41, 5.74) is 10.6. The average Bonchev–Trinajstić information content (AvgIpc) is 3.57. The van der Waals surface area contributed by atoms with Gasteiger partial charge in [-0.05, 0) is 52.2 Å². The molecule has 10 rings (SSSR count). The first kappa shape index (κ1) is 27.5. The van der Waals surface area contributed by atoms with E-state index in [1.165, 1.54) is 10.8 Å². The molecule has 0 bridgehead atoms. The molecule has 0 amide bonds. The summed E-state index contributed by atoms with van der Waals surface area (Å²) < 4.78 is 6.57. The minimum absolute atomic E-state index is 0.721. The third-order valence-corrected chi connectivity index (χ3v) is 9.44. The number of nitrogens with zero attached hydrogens (tertiary/aromatic N) is 3. The largest absolute Gasteiger partial charge is 0.454 e. The summed E-state index contributed by atoms with van der Waals surface area (Å²) >= 11 is 0. The SMILES string of the molecule is c1ccc(-c2nc(-c3ccc(-c4cccc(-c5nc6cc7ccccc7cc6c6c5oc5ccccc56)c4)cc3)c3ccccc3n2)cc1. The van der Waals surface area contributed by atoms with Gasteiger partial charge in [0.05, 0.1) is 16.7 Å². The van der Waals surface area contributed by atoms with Crippen LogP contribution in [-0.2, 0) is 0 Å². The van der Waals surface area contributed by atoms with Crippen molar-refractivity contribution in [2.24, 2.45) is 0 Å². The number of hydrogen-bond donors (Lipinski definition) is 0. The maximum absolute atomic E-state index is 6.57. The van der Waals surface area contributed by atoms with Crippen LogP contribution in [0.5, 0.6) is 0 Å². The fraction of sp³-hybridized carbons (Fsp3) is 0. The van der Waals surface area contributed by atoms with E-state index < -0.39 is 0 Å². The maximum atomic E-state index is 6.57. The Labute approximate surface area is 282 Å². The molecule has 0 radical (unpaired) electrons. The van der Waals surface area contributed by atoms with Crippen LogP contribution in [0, 0.1) is 0 Å². The van der Waals surface area contributed by atoms with Crippen molar-refractivity contribution in [1.82, 2.24) is 15.0 Å². The fourth-order valence-electron chi connectivity index (χ4n) is 7.05. The maximum Gasteiger partial charge on any atom is 0.162 e. The normalized spacial score (nSPS) is 11.7. The first-order chi connectivity index (χ1) is 24.3. The molecule has 4 nitrogen and oxygen atoms in total. The van der Waals surface area contributed by atoms with Gasteiger partial charge in [0.15, 0.2) is 11.4 Å². The van der Waals surface area contributed by atoms with Crippen LogP contribution in [0.25, 0.3) is 99.5 Å². The van der Waals surface area contributed by atoms with E-state index in [1.807, 2.05) is 42.5 Å². The number of para-hydroxylation sites is 2. The highest BCUT2D eigenvalue weighted by molar-refractivity contribution is 6.22. The summed E-state index contributed by atoms with van der Waals surface area (Å²) in [4.78, 5) is 15.2. The second-order valence-corrected chi connectivity index (χ2v) is 12.4. The Kier molecular flexibility index (Phi) is 6.15. The number of fused-ring (bicyclic) bond motifs is 7. The van der Waals surface area contributed by atoms with E-state index in [-0.39, 0.29) is 0 Å². The molecule has 0 aliphatic rings. The zero-order valence-electron chi connectivity index (χ0n) is 26.3. The molecular weight excluding hydrogens is 599 g/mol. The molecule has 49 heavy (non-hydrogen) atoms. The Morgan fingerprint density at radius 1 is 0.367 bits per heavy atom. The second-order valence-electron chi connectivity index (χ2n) is 12.4. The van der Waals surface area contributed by atoms with Crippen molar-refractivity contribution in [3.05, 3.63) is 164 Å². The zero-order chi connectivity index (χ0) is 32.3. The monoisotopic (exact) mass is 625 g/mol. The van der Waals surface area contributed by atoms with Crippen LogP contribution < -0.4 is 0 Å². The fourth-order valence-corrected chi connectivity index (χ4v) is 7.05. The number of hydrogen-bond acceptors (Lipinski definition) is 4. The van der Waals surface area contributed by atoms with Crippen molar-refractivity contribution in [1.29, 1.82) is 0 Å². The van der Waals surface area contributed by atoms with E-state index in [0.717, 1.165) is 88.8 Å². The predicted molar refractivity (Wildman–Crippen MR) is 201 cm³/mol. The highest BCUT2D eigenvalue weighted by Crippen LogP contribution is 2.41. The molecule has 0 fully saturated rings. The molecule has 0 unspecified atom stereocenters. The van der Waals surface area contributed by atoms with Gasteiger partial charge in [0, 0.05) is 38.2 Å². The molecule has 7 aromatic carbocycles. The summed E-state index contributed by atoms with van der Waals surface area (Å²) in [6.45, 7) is 0. The van der Waals surface area contributed by atoms with Crippen LogP contribution in [0.3, 0.4) is 0 Å². The molecule has 228 valence electrons. The van der Waals surface area contributed by atoms with Gasteiger partial charge in [0.25, 0.3) is 0 Å². The average molecular weight is 626 g/mol. The van der Waals surface area contributed by atoms with Crippen molar-refractivity contribution < 1.29 is 4.42 Å². The third-order valence-electron chi connectivity index (χ3n) is 9.44. The highest BCUT2D eigenvalue weighted by atomic mass is 16.3. The molecule has 0 N–H and O–H groups in total. The van der Waals surface area contributed by atoms with E-state index in [0.29, 0.717) is 0 Å². The van der Waals surface area contributed by atoms with Crippen LogP contribution in [0.4, 0.5) is 0 Å². The number of benzene rings is 7. The molecule has 0 saturated carbocycles. The number of rotatable bonds is 4. The van der Waals surface area contributed by atoms with E-state index >= 15 is 0 Å². The minimum atomic E-state index is 0.721. The standard InChI is InChI=1S/C45H27N3O/c1-2-11-30(12-3-1)45-47-38-19-8-6-17-35(38)42(48-45)29-23-21-28(22-24-29)31-15-10-16-34(25-31)43-44-41(36-18-7-9-20-40(36)49-44)37-26-32-13-4-5-14-33(32)27-39(37)46-43/h1-27H. The van der Waals surface area contributed by atoms with E-state index in [1.54, 1.807) is 0 Å². The lowest BCUT2D eigenvalue weighted by Crippen LogP contribution is -1.95. The lowest BCUT2D eigenvalue weighted by Gasteiger charge is -2.11. The highest BCUT2D eigenvalue weighted by Gasteiger charge is 2.19. The van der Waals surface area contributed by atoms with Gasteiger partial charge in [-0.15, -0.1) is 0 Å². The molecule has 0 atom stereocenters. The van der Waals surface area contributed by atoms with Crippen LogP contribution in [-0.4, -0.2) is 15.0 Å². The molecule has 3 heterocycles. The van der Waals surface area contributed by atoms with Gasteiger partial charge in [0.2, 0.25) is 0 Å². The molecule has 0 spiro atoms. The zero-order valence-corrected chi connectivity index (χ0v) is 26.3. The van der Waals surface area contributed by atoms with E-state index in [4.69, 9.17) is 19.4 Å². The Bertz CT molecular complexity index is 2870. The van der Waals surface area contributed by atoms with Gasteiger partial charge < -0.3 is 4.42 Å². The van der Waals surface area contributed by atoms with Gasteiger partial charge in [-0.25, -0.2) is 15.0 Å². The summed E-state index contributed by atoms with van der Waals surface area (Å²) in [7, 11) is 0. The van der Waals surface area contributed by atoms with Gasteiger partial charge in [0.1, 0.15) is 11.3 Å². The summed E-state index contributed by atoms with van der Waals surface area (Å²) in [6.07, 6.45) is 0. The number of furan rings is 1. The Morgan fingerprint density at radius 2 is 1.04 bits per heavy atom. The minimum Gasteiger partial charge on any atom is -0.454 e. The van der Waals surface area contributed by atoms with Crippen molar-refractivity contribution >= 4 is 54.5 Å². The number of aromatic nitrogens is 3. The number of pyridine rings is 1. The summed E-state index contributed by atoms with van der Waals surface area (Å²) in [5.74, 6) is 0.721. The Balaban J connectivity index is 1.10.